The molecule has 1 aromatic heterocycles. The third kappa shape index (κ3) is 2.75. The molecule has 2 aromatic rings. The maximum Gasteiger partial charge on any atom is 0.229 e. The van der Waals surface area contributed by atoms with Gasteiger partial charge in [-0.05, 0) is 12.5 Å². The number of amides is 1. The maximum atomic E-state index is 12.3. The van der Waals surface area contributed by atoms with Crippen molar-refractivity contribution in [2.45, 2.75) is 18.6 Å². The number of benzene rings is 1. The molecule has 8 heteroatoms. The summed E-state index contributed by atoms with van der Waals surface area (Å²) in [7, 11) is -2.01. The lowest BCUT2D eigenvalue weighted by Gasteiger charge is -2.18. The highest BCUT2D eigenvalue weighted by Crippen LogP contribution is 2.36. The van der Waals surface area contributed by atoms with Gasteiger partial charge in [0, 0.05) is 25.6 Å². The number of aryl methyl sites for hydroxylation is 2. The highest BCUT2D eigenvalue weighted by atomic mass is 32.2. The van der Waals surface area contributed by atoms with Crippen molar-refractivity contribution in [1.29, 1.82) is 0 Å². The first-order chi connectivity index (χ1) is 10.8. The van der Waals surface area contributed by atoms with Crippen LogP contribution in [0, 0.1) is 6.92 Å². The van der Waals surface area contributed by atoms with Crippen molar-refractivity contribution in [2.24, 2.45) is 12.2 Å². The lowest BCUT2D eigenvalue weighted by atomic mass is 10.1. The van der Waals surface area contributed by atoms with Crippen molar-refractivity contribution < 1.29 is 13.2 Å². The minimum atomic E-state index is -3.75. The van der Waals surface area contributed by atoms with Crippen LogP contribution >= 0.6 is 0 Å². The van der Waals surface area contributed by atoms with Crippen LogP contribution in [-0.4, -0.2) is 35.9 Å². The largest absolute Gasteiger partial charge is 0.295 e. The molecule has 1 unspecified atom stereocenters. The first kappa shape index (κ1) is 15.7. The Morgan fingerprint density at radius 1 is 1.26 bits per heavy atom. The smallest absolute Gasteiger partial charge is 0.229 e. The summed E-state index contributed by atoms with van der Waals surface area (Å²) < 4.78 is 24.8. The summed E-state index contributed by atoms with van der Waals surface area (Å²) in [5, 5.41) is 8.72. The molecule has 122 valence electrons. The fourth-order valence-corrected chi connectivity index (χ4v) is 3.73. The first-order valence-electron chi connectivity index (χ1n) is 7.20. The standard InChI is InChI=1S/C15H18N4O3S/c1-10-14(11-6-4-3-5-7-11)15(18(2)17-10)19-9-12(8-13(19)20)23(16,21)22/h3-7,12H,8-9H2,1-2H3,(H2,16,21,22). The predicted molar refractivity (Wildman–Crippen MR) is 87.2 cm³/mol. The van der Waals surface area contributed by atoms with Crippen molar-refractivity contribution in [3.8, 4) is 11.1 Å². The van der Waals surface area contributed by atoms with Gasteiger partial charge >= 0.3 is 0 Å². The van der Waals surface area contributed by atoms with Gasteiger partial charge in [0.25, 0.3) is 0 Å². The van der Waals surface area contributed by atoms with Gasteiger partial charge in [0.2, 0.25) is 15.9 Å². The molecule has 1 fully saturated rings. The van der Waals surface area contributed by atoms with E-state index in [0.717, 1.165) is 16.8 Å². The van der Waals surface area contributed by atoms with Crippen LogP contribution < -0.4 is 10.0 Å². The fraction of sp³-hybridized carbons (Fsp3) is 0.333. The van der Waals surface area contributed by atoms with Crippen molar-refractivity contribution in [1.82, 2.24) is 9.78 Å². The summed E-state index contributed by atoms with van der Waals surface area (Å²) in [6.45, 7) is 1.92. The fourth-order valence-electron chi connectivity index (χ4n) is 3.00. The molecular weight excluding hydrogens is 316 g/mol. The van der Waals surface area contributed by atoms with Crippen LogP contribution in [-0.2, 0) is 21.9 Å². The summed E-state index contributed by atoms with van der Waals surface area (Å²) in [4.78, 5) is 13.8. The van der Waals surface area contributed by atoms with E-state index in [-0.39, 0.29) is 18.9 Å². The minimum absolute atomic E-state index is 0.0521. The van der Waals surface area contributed by atoms with Crippen molar-refractivity contribution >= 4 is 21.7 Å². The minimum Gasteiger partial charge on any atom is -0.295 e. The van der Waals surface area contributed by atoms with Gasteiger partial charge in [-0.25, -0.2) is 13.6 Å². The second kappa shape index (κ2) is 5.47. The monoisotopic (exact) mass is 334 g/mol. The number of nitrogens with zero attached hydrogens (tertiary/aromatic N) is 3. The van der Waals surface area contributed by atoms with E-state index in [9.17, 15) is 13.2 Å². The van der Waals surface area contributed by atoms with Gasteiger partial charge in [0.05, 0.1) is 5.69 Å². The molecule has 1 saturated heterocycles. The molecule has 1 amide bonds. The Morgan fingerprint density at radius 3 is 2.48 bits per heavy atom. The molecule has 0 aliphatic carbocycles. The van der Waals surface area contributed by atoms with E-state index in [4.69, 9.17) is 5.14 Å². The first-order valence-corrected chi connectivity index (χ1v) is 8.81. The van der Waals surface area contributed by atoms with Crippen LogP contribution in [0.15, 0.2) is 30.3 Å². The van der Waals surface area contributed by atoms with E-state index in [2.05, 4.69) is 5.10 Å². The van der Waals surface area contributed by atoms with Crippen LogP contribution in [0.25, 0.3) is 11.1 Å². The van der Waals surface area contributed by atoms with Crippen molar-refractivity contribution in [3.05, 3.63) is 36.0 Å². The topological polar surface area (TPSA) is 98.3 Å². The number of aromatic nitrogens is 2. The average Bonchev–Trinajstić information content (AvgIpc) is 2.99. The highest BCUT2D eigenvalue weighted by Gasteiger charge is 2.39. The van der Waals surface area contributed by atoms with Gasteiger partial charge in [-0.1, -0.05) is 30.3 Å². The van der Waals surface area contributed by atoms with E-state index in [1.165, 1.54) is 4.90 Å². The number of anilines is 1. The van der Waals surface area contributed by atoms with Gasteiger partial charge in [-0.3, -0.25) is 14.4 Å². The van der Waals surface area contributed by atoms with Gasteiger partial charge < -0.3 is 0 Å². The Kier molecular flexibility index (Phi) is 3.73. The normalized spacial score (nSPS) is 18.7. The Hall–Kier alpha value is -2.19. The van der Waals surface area contributed by atoms with E-state index in [1.54, 1.807) is 11.7 Å². The molecule has 0 radical (unpaired) electrons. The molecule has 2 heterocycles. The van der Waals surface area contributed by atoms with Crippen LogP contribution in [0.5, 0.6) is 0 Å². The molecule has 1 aliphatic rings. The molecule has 1 aliphatic heterocycles. The summed E-state index contributed by atoms with van der Waals surface area (Å²) in [6.07, 6.45) is -0.0999. The number of sulfonamides is 1. The zero-order valence-corrected chi connectivity index (χ0v) is 13.7. The predicted octanol–water partition coefficient (Wildman–Crippen LogP) is 0.789. The van der Waals surface area contributed by atoms with E-state index < -0.39 is 15.3 Å². The Bertz CT molecular complexity index is 858. The van der Waals surface area contributed by atoms with Crippen LogP contribution in [0.2, 0.25) is 0 Å². The third-order valence-electron chi connectivity index (χ3n) is 4.06. The molecule has 7 nitrogen and oxygen atoms in total. The maximum absolute atomic E-state index is 12.3. The number of primary sulfonamides is 1. The number of carbonyl (C=O) groups is 1. The average molecular weight is 334 g/mol. The quantitative estimate of drug-likeness (QED) is 0.897. The zero-order valence-electron chi connectivity index (χ0n) is 12.9. The molecule has 0 spiro atoms. The molecule has 1 aromatic carbocycles. The van der Waals surface area contributed by atoms with Crippen LogP contribution in [0.1, 0.15) is 12.1 Å². The van der Waals surface area contributed by atoms with Crippen LogP contribution in [0.4, 0.5) is 5.82 Å². The van der Waals surface area contributed by atoms with Crippen molar-refractivity contribution in [2.75, 3.05) is 11.4 Å². The molecule has 0 bridgehead atoms. The SMILES string of the molecule is Cc1nn(C)c(N2CC(S(N)(=O)=O)CC2=O)c1-c1ccccc1. The Morgan fingerprint density at radius 2 is 1.91 bits per heavy atom. The lowest BCUT2D eigenvalue weighted by molar-refractivity contribution is -0.117. The number of nitrogens with two attached hydrogens (primary N) is 1. The van der Waals surface area contributed by atoms with Crippen molar-refractivity contribution in [3.63, 3.8) is 0 Å². The molecule has 1 atom stereocenters. The lowest BCUT2D eigenvalue weighted by Crippen LogP contribution is -2.33. The number of hydrogen-bond donors (Lipinski definition) is 1. The van der Waals surface area contributed by atoms with Gasteiger partial charge in [0.1, 0.15) is 11.1 Å². The second-order valence-corrected chi connectivity index (χ2v) is 7.54. The summed E-state index contributed by atoms with van der Waals surface area (Å²) in [6, 6.07) is 9.60. The van der Waals surface area contributed by atoms with E-state index >= 15 is 0 Å². The molecular formula is C15H18N4O3S. The third-order valence-corrected chi connectivity index (χ3v) is 5.31. The van der Waals surface area contributed by atoms with Gasteiger partial charge in [-0.2, -0.15) is 5.10 Å². The molecule has 23 heavy (non-hydrogen) atoms. The van der Waals surface area contributed by atoms with Gasteiger partial charge in [-0.15, -0.1) is 0 Å². The molecule has 3 rings (SSSR count). The second-order valence-electron chi connectivity index (χ2n) is 5.69. The summed E-state index contributed by atoms with van der Waals surface area (Å²) in [5.74, 6) is 0.342. The summed E-state index contributed by atoms with van der Waals surface area (Å²) >= 11 is 0. The number of carbonyl (C=O) groups excluding carboxylic acids is 1. The van der Waals surface area contributed by atoms with E-state index in [1.807, 2.05) is 37.3 Å². The number of rotatable bonds is 3. The molecule has 0 saturated carbocycles. The zero-order chi connectivity index (χ0) is 16.8. The summed E-state index contributed by atoms with van der Waals surface area (Å²) in [5.41, 5.74) is 2.54. The Labute approximate surface area is 134 Å². The number of hydrogen-bond acceptors (Lipinski definition) is 4. The Balaban J connectivity index is 2.10. The highest BCUT2D eigenvalue weighted by molar-refractivity contribution is 7.89. The van der Waals surface area contributed by atoms with Crippen LogP contribution in [0.3, 0.4) is 0 Å². The van der Waals surface area contributed by atoms with Gasteiger partial charge in [0.15, 0.2) is 0 Å². The van der Waals surface area contributed by atoms with E-state index in [0.29, 0.717) is 5.82 Å². The molecule has 2 N–H and O–H groups in total.